The van der Waals surface area contributed by atoms with Crippen LogP contribution in [0.1, 0.15) is 38.7 Å². The average molecular weight is 267 g/mol. The number of aryl methyl sites for hydroxylation is 1. The smallest absolute Gasteiger partial charge is 0.146 e. The zero-order chi connectivity index (χ0) is 13.3. The van der Waals surface area contributed by atoms with Gasteiger partial charge >= 0.3 is 0 Å². The summed E-state index contributed by atoms with van der Waals surface area (Å²) in [6, 6.07) is 5.59. The van der Waals surface area contributed by atoms with Gasteiger partial charge in [-0.1, -0.05) is 25.4 Å². The predicted molar refractivity (Wildman–Crippen MR) is 73.2 cm³/mol. The second-order valence-electron chi connectivity index (χ2n) is 5.01. The van der Waals surface area contributed by atoms with Crippen LogP contribution in [0, 0.1) is 12.3 Å². The lowest BCUT2D eigenvalue weighted by molar-refractivity contribution is -0.153. The Bertz CT molecular complexity index is 464. The first-order chi connectivity index (χ1) is 8.53. The molecule has 0 bridgehead atoms. The minimum atomic E-state index is -0.272. The van der Waals surface area contributed by atoms with Gasteiger partial charge in [0.15, 0.2) is 0 Å². The Morgan fingerprint density at radius 3 is 2.56 bits per heavy atom. The molecule has 0 saturated heterocycles. The molecule has 1 saturated carbocycles. The van der Waals surface area contributed by atoms with Crippen molar-refractivity contribution in [1.29, 1.82) is 0 Å². The fraction of sp³-hybridized carbons (Fsp3) is 0.533. The minimum absolute atomic E-state index is 0.0138. The Morgan fingerprint density at radius 2 is 2.06 bits per heavy atom. The Kier molecular flexibility index (Phi) is 3.67. The zero-order valence-electron chi connectivity index (χ0n) is 11.1. The Hall–Kier alpha value is -1.02. The van der Waals surface area contributed by atoms with E-state index in [1.165, 1.54) is 0 Å². The number of benzene rings is 1. The molecule has 1 aromatic carbocycles. The minimum Gasteiger partial charge on any atom is -0.489 e. The lowest BCUT2D eigenvalue weighted by Gasteiger charge is -2.46. The number of carbonyl (C=O) groups excluding carboxylic acids is 1. The topological polar surface area (TPSA) is 26.3 Å². The van der Waals surface area contributed by atoms with Crippen molar-refractivity contribution < 1.29 is 9.53 Å². The van der Waals surface area contributed by atoms with Crippen LogP contribution in [0.15, 0.2) is 18.2 Å². The molecule has 1 atom stereocenters. The number of hydrogen-bond donors (Lipinski definition) is 0. The Labute approximate surface area is 113 Å². The molecule has 2 rings (SSSR count). The third kappa shape index (κ3) is 2.03. The normalized spacial score (nSPS) is 21.6. The standard InChI is InChI=1S/C15H19ClO2/c1-4-15(5-2)13(17)9-14(15)18-12-7-6-11(16)8-10(12)3/h6-8,14H,4-5,9H2,1-3H3. The van der Waals surface area contributed by atoms with Crippen molar-refractivity contribution in [2.75, 3.05) is 0 Å². The second kappa shape index (κ2) is 4.93. The fourth-order valence-corrected chi connectivity index (χ4v) is 2.99. The summed E-state index contributed by atoms with van der Waals surface area (Å²) < 4.78 is 6.02. The molecule has 0 radical (unpaired) electrons. The number of rotatable bonds is 4. The van der Waals surface area contributed by atoms with Crippen LogP contribution in [0.4, 0.5) is 0 Å². The molecule has 2 nitrogen and oxygen atoms in total. The summed E-state index contributed by atoms with van der Waals surface area (Å²) in [6.07, 6.45) is 2.24. The van der Waals surface area contributed by atoms with E-state index in [0.29, 0.717) is 17.2 Å². The SMILES string of the molecule is CCC1(CC)C(=O)CC1Oc1ccc(Cl)cc1C. The van der Waals surface area contributed by atoms with Crippen molar-refractivity contribution in [3.05, 3.63) is 28.8 Å². The van der Waals surface area contributed by atoms with E-state index >= 15 is 0 Å². The summed E-state index contributed by atoms with van der Waals surface area (Å²) in [4.78, 5) is 11.9. The van der Waals surface area contributed by atoms with E-state index in [4.69, 9.17) is 16.3 Å². The highest BCUT2D eigenvalue weighted by Gasteiger charge is 2.53. The Balaban J connectivity index is 2.17. The molecule has 1 aromatic rings. The third-order valence-corrected chi connectivity index (χ3v) is 4.45. The van der Waals surface area contributed by atoms with Crippen molar-refractivity contribution in [2.24, 2.45) is 5.41 Å². The summed E-state index contributed by atoms with van der Waals surface area (Å²) in [6.45, 7) is 6.10. The van der Waals surface area contributed by atoms with Crippen molar-refractivity contribution in [3.8, 4) is 5.75 Å². The van der Waals surface area contributed by atoms with Gasteiger partial charge in [0, 0.05) is 11.4 Å². The van der Waals surface area contributed by atoms with Crippen LogP contribution in [-0.4, -0.2) is 11.9 Å². The van der Waals surface area contributed by atoms with Crippen molar-refractivity contribution >= 4 is 17.4 Å². The molecule has 0 amide bonds. The summed E-state index contributed by atoms with van der Waals surface area (Å²) in [5.41, 5.74) is 0.745. The molecule has 1 aliphatic carbocycles. The van der Waals surface area contributed by atoms with Crippen LogP contribution in [0.3, 0.4) is 0 Å². The summed E-state index contributed by atoms with van der Waals surface area (Å²) >= 11 is 5.93. The first kappa shape index (κ1) is 13.4. The molecule has 1 fully saturated rings. The van der Waals surface area contributed by atoms with Crippen LogP contribution < -0.4 is 4.74 Å². The van der Waals surface area contributed by atoms with Crippen molar-refractivity contribution in [1.82, 2.24) is 0 Å². The van der Waals surface area contributed by atoms with Gasteiger partial charge in [0.2, 0.25) is 0 Å². The Morgan fingerprint density at radius 1 is 1.39 bits per heavy atom. The van der Waals surface area contributed by atoms with E-state index < -0.39 is 0 Å². The van der Waals surface area contributed by atoms with Gasteiger partial charge in [-0.05, 0) is 43.5 Å². The van der Waals surface area contributed by atoms with Gasteiger partial charge in [-0.15, -0.1) is 0 Å². The maximum absolute atomic E-state index is 11.9. The summed E-state index contributed by atoms with van der Waals surface area (Å²) in [5.74, 6) is 1.17. The van der Waals surface area contributed by atoms with Gasteiger partial charge in [-0.2, -0.15) is 0 Å². The molecule has 0 aliphatic heterocycles. The molecule has 1 unspecified atom stereocenters. The summed E-state index contributed by atoms with van der Waals surface area (Å²) in [7, 11) is 0. The molecule has 1 aliphatic rings. The van der Waals surface area contributed by atoms with Gasteiger partial charge in [-0.3, -0.25) is 4.79 Å². The largest absolute Gasteiger partial charge is 0.489 e. The van der Waals surface area contributed by atoms with Gasteiger partial charge in [0.25, 0.3) is 0 Å². The first-order valence-electron chi connectivity index (χ1n) is 6.49. The highest BCUT2D eigenvalue weighted by molar-refractivity contribution is 6.30. The van der Waals surface area contributed by atoms with Crippen LogP contribution in [0.5, 0.6) is 5.75 Å². The highest BCUT2D eigenvalue weighted by Crippen LogP contribution is 2.46. The molecule has 0 N–H and O–H groups in total. The van der Waals surface area contributed by atoms with Gasteiger partial charge in [0.1, 0.15) is 17.6 Å². The molecular formula is C15H19ClO2. The number of Topliss-reactive ketones (excluding diaryl/α,β-unsaturated/α-hetero) is 1. The molecule has 18 heavy (non-hydrogen) atoms. The van der Waals surface area contributed by atoms with E-state index in [1.54, 1.807) is 0 Å². The van der Waals surface area contributed by atoms with E-state index in [1.807, 2.05) is 25.1 Å². The number of carbonyl (C=O) groups is 1. The molecule has 0 aromatic heterocycles. The van der Waals surface area contributed by atoms with Gasteiger partial charge < -0.3 is 4.74 Å². The van der Waals surface area contributed by atoms with Crippen LogP contribution >= 0.6 is 11.6 Å². The lowest BCUT2D eigenvalue weighted by atomic mass is 9.61. The maximum Gasteiger partial charge on any atom is 0.146 e. The van der Waals surface area contributed by atoms with Gasteiger partial charge in [0.05, 0.1) is 5.41 Å². The lowest BCUT2D eigenvalue weighted by Crippen LogP contribution is -2.56. The van der Waals surface area contributed by atoms with Crippen LogP contribution in [0.25, 0.3) is 0 Å². The first-order valence-corrected chi connectivity index (χ1v) is 6.87. The van der Waals surface area contributed by atoms with Crippen molar-refractivity contribution in [2.45, 2.75) is 46.1 Å². The number of halogens is 1. The summed E-state index contributed by atoms with van der Waals surface area (Å²) in [5, 5.41) is 0.710. The zero-order valence-corrected chi connectivity index (χ0v) is 11.9. The molecule has 98 valence electrons. The van der Waals surface area contributed by atoms with E-state index in [2.05, 4.69) is 13.8 Å². The predicted octanol–water partition coefficient (Wildman–Crippen LogP) is 4.18. The average Bonchev–Trinajstić information content (AvgIpc) is 2.33. The molecule has 0 heterocycles. The second-order valence-corrected chi connectivity index (χ2v) is 5.44. The van der Waals surface area contributed by atoms with Crippen molar-refractivity contribution in [3.63, 3.8) is 0 Å². The van der Waals surface area contributed by atoms with E-state index in [0.717, 1.165) is 24.2 Å². The monoisotopic (exact) mass is 266 g/mol. The van der Waals surface area contributed by atoms with E-state index in [-0.39, 0.29) is 11.5 Å². The quantitative estimate of drug-likeness (QED) is 0.817. The van der Waals surface area contributed by atoms with Gasteiger partial charge in [-0.25, -0.2) is 0 Å². The number of ketones is 1. The number of ether oxygens (including phenoxy) is 1. The molecule has 3 heteroatoms. The number of hydrogen-bond acceptors (Lipinski definition) is 2. The third-order valence-electron chi connectivity index (χ3n) is 4.21. The highest BCUT2D eigenvalue weighted by atomic mass is 35.5. The van der Waals surface area contributed by atoms with Crippen LogP contribution in [-0.2, 0) is 4.79 Å². The van der Waals surface area contributed by atoms with E-state index in [9.17, 15) is 4.79 Å². The van der Waals surface area contributed by atoms with Crippen LogP contribution in [0.2, 0.25) is 5.02 Å². The maximum atomic E-state index is 11.9. The molecular weight excluding hydrogens is 248 g/mol. The molecule has 0 spiro atoms. The fourth-order valence-electron chi connectivity index (χ4n) is 2.77.